The lowest BCUT2D eigenvalue weighted by atomic mass is 9.95. The molecule has 0 fully saturated rings. The number of hydrogen-bond acceptors (Lipinski definition) is 3. The van der Waals surface area contributed by atoms with E-state index in [0.717, 1.165) is 5.69 Å². The average molecular weight is 305 g/mol. The highest BCUT2D eigenvalue weighted by atomic mass is 35.5. The number of rotatable bonds is 3. The van der Waals surface area contributed by atoms with E-state index >= 15 is 0 Å². The van der Waals surface area contributed by atoms with E-state index in [4.69, 9.17) is 16.9 Å². The van der Waals surface area contributed by atoms with Gasteiger partial charge in [-0.05, 0) is 35.7 Å². The molecule has 1 aromatic heterocycles. The Bertz CT molecular complexity index is 647. The van der Waals surface area contributed by atoms with Gasteiger partial charge in [-0.1, -0.05) is 32.4 Å². The molecule has 0 radical (unpaired) electrons. The van der Waals surface area contributed by atoms with Crippen LogP contribution in [0.5, 0.6) is 0 Å². The molecule has 2 nitrogen and oxygen atoms in total. The fraction of sp³-hybridized carbons (Fsp3) is 0.312. The molecule has 0 aliphatic rings. The summed E-state index contributed by atoms with van der Waals surface area (Å²) in [5.41, 5.74) is 1.57. The van der Waals surface area contributed by atoms with Gasteiger partial charge in [0.2, 0.25) is 0 Å². The van der Waals surface area contributed by atoms with Gasteiger partial charge in [-0.2, -0.15) is 5.26 Å². The fourth-order valence-corrected chi connectivity index (χ4v) is 3.00. The van der Waals surface area contributed by atoms with E-state index in [-0.39, 0.29) is 5.41 Å². The number of nitriles is 1. The first kappa shape index (κ1) is 14.9. The minimum Gasteiger partial charge on any atom is -0.379 e. The highest BCUT2D eigenvalue weighted by Crippen LogP contribution is 2.30. The van der Waals surface area contributed by atoms with Crippen molar-refractivity contribution < 1.29 is 0 Å². The Morgan fingerprint density at radius 1 is 1.25 bits per heavy atom. The van der Waals surface area contributed by atoms with Crippen molar-refractivity contribution in [1.29, 1.82) is 5.26 Å². The highest BCUT2D eigenvalue weighted by molar-refractivity contribution is 7.12. The van der Waals surface area contributed by atoms with Gasteiger partial charge in [0.05, 0.1) is 11.3 Å². The number of hydrogen-bond donors (Lipinski definition) is 1. The second-order valence-corrected chi connectivity index (χ2v) is 7.28. The normalized spacial score (nSPS) is 11.2. The summed E-state index contributed by atoms with van der Waals surface area (Å²) in [4.78, 5) is 2.61. The van der Waals surface area contributed by atoms with E-state index < -0.39 is 0 Å². The molecule has 0 spiro atoms. The van der Waals surface area contributed by atoms with Crippen molar-refractivity contribution in [2.24, 2.45) is 0 Å². The SMILES string of the molecule is CC(C)(C)c1ccc(CNc2cc(Cl)ccc2C#N)s1. The first-order valence-corrected chi connectivity index (χ1v) is 7.62. The quantitative estimate of drug-likeness (QED) is 0.847. The van der Waals surface area contributed by atoms with Gasteiger partial charge in [0.25, 0.3) is 0 Å². The summed E-state index contributed by atoms with van der Waals surface area (Å²) in [6, 6.07) is 11.7. The molecule has 1 aromatic carbocycles. The van der Waals surface area contributed by atoms with Gasteiger partial charge < -0.3 is 5.32 Å². The maximum Gasteiger partial charge on any atom is 0.101 e. The summed E-state index contributed by atoms with van der Waals surface area (Å²) in [5.74, 6) is 0. The summed E-state index contributed by atoms with van der Waals surface area (Å²) in [7, 11) is 0. The van der Waals surface area contributed by atoms with Gasteiger partial charge in [0, 0.05) is 21.3 Å². The van der Waals surface area contributed by atoms with Gasteiger partial charge in [-0.3, -0.25) is 0 Å². The van der Waals surface area contributed by atoms with Crippen LogP contribution in [-0.4, -0.2) is 0 Å². The van der Waals surface area contributed by atoms with E-state index in [1.807, 2.05) is 0 Å². The lowest BCUT2D eigenvalue weighted by Gasteiger charge is -2.15. The van der Waals surface area contributed by atoms with Crippen molar-refractivity contribution >= 4 is 28.6 Å². The van der Waals surface area contributed by atoms with Crippen molar-refractivity contribution in [1.82, 2.24) is 0 Å². The summed E-state index contributed by atoms with van der Waals surface area (Å²) in [6.07, 6.45) is 0. The number of nitrogens with one attached hydrogen (secondary N) is 1. The number of benzene rings is 1. The van der Waals surface area contributed by atoms with E-state index in [1.54, 1.807) is 29.5 Å². The standard InChI is InChI=1S/C16H17ClN2S/c1-16(2,3)15-7-6-13(20-15)10-19-14-8-12(17)5-4-11(14)9-18/h4-8,19H,10H2,1-3H3. The maximum atomic E-state index is 9.09. The molecule has 0 saturated carbocycles. The molecule has 2 aromatic rings. The molecule has 0 aliphatic carbocycles. The van der Waals surface area contributed by atoms with E-state index in [0.29, 0.717) is 17.1 Å². The number of halogens is 1. The van der Waals surface area contributed by atoms with E-state index in [1.165, 1.54) is 9.75 Å². The molecule has 20 heavy (non-hydrogen) atoms. The Balaban J connectivity index is 2.12. The van der Waals surface area contributed by atoms with Gasteiger partial charge in [-0.25, -0.2) is 0 Å². The zero-order valence-electron chi connectivity index (χ0n) is 11.8. The maximum absolute atomic E-state index is 9.09. The number of thiophene rings is 1. The monoisotopic (exact) mass is 304 g/mol. The van der Waals surface area contributed by atoms with Crippen molar-refractivity contribution in [3.63, 3.8) is 0 Å². The zero-order valence-corrected chi connectivity index (χ0v) is 13.4. The van der Waals surface area contributed by atoms with Crippen LogP contribution < -0.4 is 5.32 Å². The Morgan fingerprint density at radius 2 is 2.00 bits per heavy atom. The molecule has 104 valence electrons. The first-order valence-electron chi connectivity index (χ1n) is 6.43. The fourth-order valence-electron chi connectivity index (χ4n) is 1.82. The second kappa shape index (κ2) is 5.87. The third-order valence-corrected chi connectivity index (χ3v) is 4.70. The molecular formula is C16H17ClN2S. The van der Waals surface area contributed by atoms with Crippen LogP contribution in [0.15, 0.2) is 30.3 Å². The molecule has 0 bridgehead atoms. The third-order valence-electron chi connectivity index (χ3n) is 2.96. The molecule has 0 unspecified atom stereocenters. The van der Waals surface area contributed by atoms with Gasteiger partial charge >= 0.3 is 0 Å². The lowest BCUT2D eigenvalue weighted by Crippen LogP contribution is -2.07. The molecule has 0 atom stereocenters. The van der Waals surface area contributed by atoms with E-state index in [9.17, 15) is 0 Å². The summed E-state index contributed by atoms with van der Waals surface area (Å²) in [5, 5.41) is 13.0. The molecule has 0 saturated heterocycles. The van der Waals surface area contributed by atoms with Crippen LogP contribution in [0.3, 0.4) is 0 Å². The van der Waals surface area contributed by atoms with Crippen LogP contribution in [0.4, 0.5) is 5.69 Å². The van der Waals surface area contributed by atoms with Crippen LogP contribution in [0.2, 0.25) is 5.02 Å². The largest absolute Gasteiger partial charge is 0.379 e. The molecule has 0 aliphatic heterocycles. The van der Waals surface area contributed by atoms with Crippen LogP contribution in [0, 0.1) is 11.3 Å². The molecule has 1 N–H and O–H groups in total. The van der Waals surface area contributed by atoms with Gasteiger partial charge in [0.15, 0.2) is 0 Å². The summed E-state index contributed by atoms with van der Waals surface area (Å²) < 4.78 is 0. The Kier molecular flexibility index (Phi) is 4.37. The van der Waals surface area contributed by atoms with Crippen LogP contribution >= 0.6 is 22.9 Å². The zero-order chi connectivity index (χ0) is 14.8. The van der Waals surface area contributed by atoms with Crippen LogP contribution in [0.25, 0.3) is 0 Å². The topological polar surface area (TPSA) is 35.8 Å². The van der Waals surface area contributed by atoms with E-state index in [2.05, 4.69) is 44.3 Å². The number of anilines is 1. The molecule has 0 amide bonds. The number of nitrogens with zero attached hydrogens (tertiary/aromatic N) is 1. The van der Waals surface area contributed by atoms with Crippen LogP contribution in [-0.2, 0) is 12.0 Å². The first-order chi connectivity index (χ1) is 9.40. The van der Waals surface area contributed by atoms with Crippen molar-refractivity contribution in [3.05, 3.63) is 50.7 Å². The van der Waals surface area contributed by atoms with Gasteiger partial charge in [0.1, 0.15) is 6.07 Å². The Labute approximate surface area is 129 Å². The minimum atomic E-state index is 0.177. The van der Waals surface area contributed by atoms with Crippen LogP contribution in [0.1, 0.15) is 36.1 Å². The third kappa shape index (κ3) is 3.53. The minimum absolute atomic E-state index is 0.177. The molecule has 1 heterocycles. The molecule has 4 heteroatoms. The van der Waals surface area contributed by atoms with Gasteiger partial charge in [-0.15, -0.1) is 11.3 Å². The average Bonchev–Trinajstić information content (AvgIpc) is 2.85. The van der Waals surface area contributed by atoms with Crippen molar-refractivity contribution in [2.45, 2.75) is 32.7 Å². The Hall–Kier alpha value is -1.50. The highest BCUT2D eigenvalue weighted by Gasteiger charge is 2.16. The van der Waals surface area contributed by atoms with Crippen molar-refractivity contribution in [3.8, 4) is 6.07 Å². The predicted molar refractivity (Wildman–Crippen MR) is 86.5 cm³/mol. The molecular weight excluding hydrogens is 288 g/mol. The summed E-state index contributed by atoms with van der Waals surface area (Å²) in [6.45, 7) is 7.33. The van der Waals surface area contributed by atoms with Crippen molar-refractivity contribution in [2.75, 3.05) is 5.32 Å². The smallest absolute Gasteiger partial charge is 0.101 e. The summed E-state index contributed by atoms with van der Waals surface area (Å²) >= 11 is 7.77. The Morgan fingerprint density at radius 3 is 2.60 bits per heavy atom. The second-order valence-electron chi connectivity index (χ2n) is 5.67. The lowest BCUT2D eigenvalue weighted by molar-refractivity contribution is 0.604. The predicted octanol–water partition coefficient (Wildman–Crippen LogP) is 5.18. The molecule has 2 rings (SSSR count).